The molecule has 0 saturated carbocycles. The number of carbonyl (C=O) groups is 2. The SMILES string of the molecule is CCCCCCC/C=C\C/C=C\C/C=C\CCCCCCCCCCC(=O)OC(COC(=O)CCCCCCCCCCCCCCCCCCCCCCCCCCC)COP(=O)([O-])OCC[N+](C)(C)C. The number of hydrogen-bond acceptors (Lipinski definition) is 8. The van der Waals surface area contributed by atoms with E-state index in [-0.39, 0.29) is 32.0 Å². The van der Waals surface area contributed by atoms with Gasteiger partial charge in [-0.2, -0.15) is 0 Å². The van der Waals surface area contributed by atoms with E-state index in [1.807, 2.05) is 21.1 Å². The predicted octanol–water partition coefficient (Wildman–Crippen LogP) is 18.5. The van der Waals surface area contributed by atoms with E-state index in [1.54, 1.807) is 0 Å². The molecule has 0 spiro atoms. The van der Waals surface area contributed by atoms with Crippen molar-refractivity contribution in [1.29, 1.82) is 0 Å². The van der Waals surface area contributed by atoms with Crippen molar-refractivity contribution in [3.63, 3.8) is 0 Å². The van der Waals surface area contributed by atoms with Gasteiger partial charge in [-0.25, -0.2) is 0 Å². The Morgan fingerprint density at radius 3 is 1.11 bits per heavy atom. The van der Waals surface area contributed by atoms with E-state index in [4.69, 9.17) is 18.5 Å². The second-order valence-electron chi connectivity index (χ2n) is 22.1. The molecule has 0 heterocycles. The second kappa shape index (κ2) is 54.0. The van der Waals surface area contributed by atoms with E-state index >= 15 is 0 Å². The molecule has 0 amide bonds. The molecule has 9 nitrogen and oxygen atoms in total. The van der Waals surface area contributed by atoms with E-state index in [2.05, 4.69) is 50.3 Å². The van der Waals surface area contributed by atoms with Gasteiger partial charge in [-0.05, 0) is 51.4 Å². The van der Waals surface area contributed by atoms with Gasteiger partial charge in [0.2, 0.25) is 0 Å². The average molecular weight is 1040 g/mol. The first-order valence-electron chi connectivity index (χ1n) is 30.7. The maximum atomic E-state index is 12.8. The van der Waals surface area contributed by atoms with E-state index in [0.29, 0.717) is 17.4 Å². The fraction of sp³-hybridized carbons (Fsp3) is 0.871. The number of phosphoric acid groups is 1. The monoisotopic (exact) mass is 1040 g/mol. The van der Waals surface area contributed by atoms with Gasteiger partial charge < -0.3 is 27.9 Å². The Kier molecular flexibility index (Phi) is 52.7. The Balaban J connectivity index is 4.12. The molecule has 0 aromatic carbocycles. The highest BCUT2D eigenvalue weighted by molar-refractivity contribution is 7.45. The smallest absolute Gasteiger partial charge is 0.306 e. The summed E-state index contributed by atoms with van der Waals surface area (Å²) in [6.07, 6.45) is 66.2. The highest BCUT2D eigenvalue weighted by Crippen LogP contribution is 2.38. The van der Waals surface area contributed by atoms with Crippen molar-refractivity contribution in [2.45, 2.75) is 302 Å². The van der Waals surface area contributed by atoms with Crippen LogP contribution in [0.5, 0.6) is 0 Å². The summed E-state index contributed by atoms with van der Waals surface area (Å²) in [5.41, 5.74) is 0. The highest BCUT2D eigenvalue weighted by Gasteiger charge is 2.22. The third-order valence-corrected chi connectivity index (χ3v) is 14.6. The third-order valence-electron chi connectivity index (χ3n) is 13.7. The van der Waals surface area contributed by atoms with Gasteiger partial charge in [0.05, 0.1) is 27.7 Å². The van der Waals surface area contributed by atoms with Crippen LogP contribution in [0.2, 0.25) is 0 Å². The predicted molar refractivity (Wildman–Crippen MR) is 305 cm³/mol. The van der Waals surface area contributed by atoms with Crippen LogP contribution in [0.4, 0.5) is 0 Å². The molecule has 0 bridgehead atoms. The first kappa shape index (κ1) is 70.2. The van der Waals surface area contributed by atoms with E-state index in [9.17, 15) is 19.0 Å². The number of phosphoric ester groups is 1. The minimum Gasteiger partial charge on any atom is -0.756 e. The number of hydrogen-bond donors (Lipinski definition) is 0. The number of ether oxygens (including phenoxy) is 2. The summed E-state index contributed by atoms with van der Waals surface area (Å²) in [5, 5.41) is 0. The van der Waals surface area contributed by atoms with Crippen LogP contribution in [0.25, 0.3) is 0 Å². The van der Waals surface area contributed by atoms with Gasteiger partial charge >= 0.3 is 11.9 Å². The number of allylic oxidation sites excluding steroid dienone is 6. The van der Waals surface area contributed by atoms with Crippen molar-refractivity contribution in [2.75, 3.05) is 47.5 Å². The lowest BCUT2D eigenvalue weighted by Crippen LogP contribution is -2.37. The van der Waals surface area contributed by atoms with E-state index in [1.165, 1.54) is 205 Å². The minimum atomic E-state index is -4.64. The summed E-state index contributed by atoms with van der Waals surface area (Å²) in [4.78, 5) is 37.9. The Hall–Kier alpha value is -1.77. The maximum absolute atomic E-state index is 12.8. The molecule has 0 aromatic rings. The van der Waals surface area contributed by atoms with Gasteiger partial charge in [-0.3, -0.25) is 14.2 Å². The summed E-state index contributed by atoms with van der Waals surface area (Å²) in [6, 6.07) is 0. The maximum Gasteiger partial charge on any atom is 0.306 e. The number of unbranched alkanes of at least 4 members (excludes halogenated alkanes) is 37. The molecule has 0 aromatic heterocycles. The van der Waals surface area contributed by atoms with Crippen molar-refractivity contribution < 1.29 is 42.1 Å². The zero-order valence-corrected chi connectivity index (χ0v) is 49.0. The summed E-state index contributed by atoms with van der Waals surface area (Å²) in [5.74, 6) is -0.827. The molecule has 2 unspecified atom stereocenters. The number of likely N-dealkylation sites (N-methyl/N-ethyl adjacent to an activating group) is 1. The van der Waals surface area contributed by atoms with E-state index in [0.717, 1.165) is 57.8 Å². The average Bonchev–Trinajstić information content (AvgIpc) is 3.34. The van der Waals surface area contributed by atoms with Crippen LogP contribution < -0.4 is 4.89 Å². The molecular weight excluding hydrogens is 918 g/mol. The van der Waals surface area contributed by atoms with Gasteiger partial charge in [-0.1, -0.05) is 269 Å². The Morgan fingerprint density at radius 2 is 0.750 bits per heavy atom. The van der Waals surface area contributed by atoms with Crippen LogP contribution >= 0.6 is 7.82 Å². The van der Waals surface area contributed by atoms with E-state index < -0.39 is 26.5 Å². The van der Waals surface area contributed by atoms with Crippen LogP contribution in [-0.4, -0.2) is 70.0 Å². The lowest BCUT2D eigenvalue weighted by molar-refractivity contribution is -0.870. The molecule has 424 valence electrons. The van der Waals surface area contributed by atoms with Crippen LogP contribution in [0.15, 0.2) is 36.5 Å². The molecule has 0 aliphatic carbocycles. The Bertz CT molecular complexity index is 1310. The number of rotatable bonds is 57. The van der Waals surface area contributed by atoms with Crippen LogP contribution in [0.1, 0.15) is 296 Å². The molecule has 0 radical (unpaired) electrons. The fourth-order valence-electron chi connectivity index (χ4n) is 8.90. The number of nitrogens with zero attached hydrogens (tertiary/aromatic N) is 1. The Labute approximate surface area is 446 Å². The summed E-state index contributed by atoms with van der Waals surface area (Å²) in [7, 11) is 1.17. The summed E-state index contributed by atoms with van der Waals surface area (Å²) >= 11 is 0. The first-order valence-corrected chi connectivity index (χ1v) is 32.2. The molecular formula is C62H118NO8P. The molecule has 0 rings (SSSR count). The largest absolute Gasteiger partial charge is 0.756 e. The van der Waals surface area contributed by atoms with Crippen LogP contribution in [-0.2, 0) is 32.7 Å². The molecule has 10 heteroatoms. The number of quaternary nitrogens is 1. The van der Waals surface area contributed by atoms with Crippen molar-refractivity contribution in [3.05, 3.63) is 36.5 Å². The van der Waals surface area contributed by atoms with Gasteiger partial charge in [0, 0.05) is 12.8 Å². The molecule has 0 saturated heterocycles. The standard InChI is InChI=1S/C62H118NO8P/c1-6-8-10-12-14-16-18-20-22-24-26-28-30-31-33-34-36-38-40-42-44-46-48-50-52-54-61(64)68-58-60(59-70-72(66,67)69-57-56-63(3,4)5)71-62(65)55-53-51-49-47-45-43-41-39-37-35-32-29-27-25-23-21-19-17-15-13-11-9-7-2/h19,21,25,27,32,35,60H,6-18,20,22-24,26,28-31,33-34,36-59H2,1-5H3/b21-19-,27-25-,35-32-. The number of esters is 2. The molecule has 72 heavy (non-hydrogen) atoms. The van der Waals surface area contributed by atoms with Crippen LogP contribution in [0, 0.1) is 0 Å². The van der Waals surface area contributed by atoms with Gasteiger partial charge in [0.15, 0.2) is 6.10 Å². The van der Waals surface area contributed by atoms with Crippen LogP contribution in [0.3, 0.4) is 0 Å². The molecule has 2 atom stereocenters. The molecule has 0 N–H and O–H groups in total. The quantitative estimate of drug-likeness (QED) is 0.0195. The summed E-state index contributed by atoms with van der Waals surface area (Å²) < 4.78 is 34.2. The highest BCUT2D eigenvalue weighted by atomic mass is 31.2. The lowest BCUT2D eigenvalue weighted by atomic mass is 10.0. The fourth-order valence-corrected chi connectivity index (χ4v) is 9.63. The van der Waals surface area contributed by atoms with Gasteiger partial charge in [0.25, 0.3) is 7.82 Å². The minimum absolute atomic E-state index is 0.0311. The molecule has 0 aliphatic rings. The van der Waals surface area contributed by atoms with Crippen molar-refractivity contribution in [1.82, 2.24) is 0 Å². The lowest BCUT2D eigenvalue weighted by Gasteiger charge is -2.28. The Morgan fingerprint density at radius 1 is 0.431 bits per heavy atom. The normalized spacial score (nSPS) is 13.5. The molecule has 0 fully saturated rings. The van der Waals surface area contributed by atoms with Crippen molar-refractivity contribution >= 4 is 19.8 Å². The van der Waals surface area contributed by atoms with Crippen molar-refractivity contribution in [2.24, 2.45) is 0 Å². The zero-order valence-electron chi connectivity index (χ0n) is 48.1. The van der Waals surface area contributed by atoms with Crippen molar-refractivity contribution in [3.8, 4) is 0 Å². The topological polar surface area (TPSA) is 111 Å². The summed E-state index contributed by atoms with van der Waals surface area (Å²) in [6.45, 7) is 4.27. The first-order chi connectivity index (χ1) is 35.0. The molecule has 0 aliphatic heterocycles. The number of carbonyl (C=O) groups excluding carboxylic acids is 2. The zero-order chi connectivity index (χ0) is 52.7. The van der Waals surface area contributed by atoms with Gasteiger partial charge in [0.1, 0.15) is 19.8 Å². The van der Waals surface area contributed by atoms with Gasteiger partial charge in [-0.15, -0.1) is 0 Å². The second-order valence-corrected chi connectivity index (χ2v) is 23.5. The third kappa shape index (κ3) is 57.5.